The van der Waals surface area contributed by atoms with Crippen LogP contribution in [0.25, 0.3) is 0 Å². The number of hydrogen-bond donors (Lipinski definition) is 2. The fourth-order valence-corrected chi connectivity index (χ4v) is 3.95. The van der Waals surface area contributed by atoms with E-state index >= 15 is 0 Å². The van der Waals surface area contributed by atoms with Crippen molar-refractivity contribution in [3.05, 3.63) is 71.8 Å². The molecule has 0 aliphatic carbocycles. The number of carbonyl (C=O) groups is 1. The quantitative estimate of drug-likeness (QED) is 0.306. The van der Waals surface area contributed by atoms with Crippen molar-refractivity contribution in [2.45, 2.75) is 59.2 Å². The average molecular weight is 467 g/mol. The summed E-state index contributed by atoms with van der Waals surface area (Å²) in [7, 11) is 0. The lowest BCUT2D eigenvalue weighted by Crippen LogP contribution is -2.31. The van der Waals surface area contributed by atoms with E-state index in [-0.39, 0.29) is 5.91 Å². The number of benzene rings is 1. The SMILES string of the molecule is CCCN(CCC)CCCCOCc1ccc(C(=O)N(Cc2ncc[nH]2)Cc2ncc[nH]2)cc1. The molecule has 8 nitrogen and oxygen atoms in total. The third-order valence-corrected chi connectivity index (χ3v) is 5.64. The number of amides is 1. The van der Waals surface area contributed by atoms with Gasteiger partial charge in [0.05, 0.1) is 19.7 Å². The zero-order valence-electron chi connectivity index (χ0n) is 20.5. The topological polar surface area (TPSA) is 90.1 Å². The second kappa shape index (κ2) is 14.3. The summed E-state index contributed by atoms with van der Waals surface area (Å²) in [5.41, 5.74) is 1.70. The fraction of sp³-hybridized carbons (Fsp3) is 0.500. The first-order valence-corrected chi connectivity index (χ1v) is 12.3. The van der Waals surface area contributed by atoms with Crippen LogP contribution in [-0.4, -0.2) is 61.9 Å². The molecule has 0 bridgehead atoms. The van der Waals surface area contributed by atoms with Crippen molar-refractivity contribution in [2.75, 3.05) is 26.2 Å². The van der Waals surface area contributed by atoms with E-state index in [1.807, 2.05) is 24.3 Å². The molecule has 0 saturated carbocycles. The molecular weight excluding hydrogens is 428 g/mol. The molecule has 0 radical (unpaired) electrons. The van der Waals surface area contributed by atoms with Crippen molar-refractivity contribution in [3.8, 4) is 0 Å². The van der Waals surface area contributed by atoms with Gasteiger partial charge in [-0.15, -0.1) is 0 Å². The Kier molecular flexibility index (Phi) is 10.8. The van der Waals surface area contributed by atoms with Crippen LogP contribution in [0.3, 0.4) is 0 Å². The van der Waals surface area contributed by atoms with Gasteiger partial charge in [-0.25, -0.2) is 9.97 Å². The molecule has 2 heterocycles. The van der Waals surface area contributed by atoms with Crippen LogP contribution in [0.2, 0.25) is 0 Å². The van der Waals surface area contributed by atoms with Crippen molar-refractivity contribution >= 4 is 5.91 Å². The zero-order chi connectivity index (χ0) is 24.0. The number of nitrogens with one attached hydrogen (secondary N) is 2. The van der Waals surface area contributed by atoms with Crippen LogP contribution < -0.4 is 0 Å². The molecule has 3 rings (SSSR count). The Labute approximate surface area is 202 Å². The molecule has 0 aliphatic heterocycles. The Morgan fingerprint density at radius 2 is 1.50 bits per heavy atom. The Hall–Kier alpha value is -2.97. The van der Waals surface area contributed by atoms with Crippen LogP contribution in [0.15, 0.2) is 49.1 Å². The lowest BCUT2D eigenvalue weighted by Gasteiger charge is -2.21. The largest absolute Gasteiger partial charge is 0.377 e. The third-order valence-electron chi connectivity index (χ3n) is 5.64. The minimum absolute atomic E-state index is 0.0658. The third kappa shape index (κ3) is 8.43. The van der Waals surface area contributed by atoms with Gasteiger partial charge in [0.25, 0.3) is 5.91 Å². The summed E-state index contributed by atoms with van der Waals surface area (Å²) < 4.78 is 5.87. The Balaban J connectivity index is 1.46. The van der Waals surface area contributed by atoms with Crippen molar-refractivity contribution in [3.63, 3.8) is 0 Å². The highest BCUT2D eigenvalue weighted by atomic mass is 16.5. The van der Waals surface area contributed by atoms with Crippen molar-refractivity contribution in [1.29, 1.82) is 0 Å². The maximum absolute atomic E-state index is 13.2. The van der Waals surface area contributed by atoms with Gasteiger partial charge in [0, 0.05) is 37.0 Å². The van der Waals surface area contributed by atoms with Crippen molar-refractivity contribution in [1.82, 2.24) is 29.7 Å². The van der Waals surface area contributed by atoms with Gasteiger partial charge < -0.3 is 24.5 Å². The molecule has 0 saturated heterocycles. The van der Waals surface area contributed by atoms with Gasteiger partial charge in [0.1, 0.15) is 11.6 Å². The first kappa shape index (κ1) is 25.6. The predicted octanol–water partition coefficient (Wildman–Crippen LogP) is 4.39. The first-order chi connectivity index (χ1) is 16.7. The molecule has 184 valence electrons. The van der Waals surface area contributed by atoms with E-state index in [4.69, 9.17) is 4.74 Å². The molecule has 34 heavy (non-hydrogen) atoms. The van der Waals surface area contributed by atoms with Crippen LogP contribution in [0.4, 0.5) is 0 Å². The molecular formula is C26H38N6O2. The Bertz CT molecular complexity index is 883. The maximum Gasteiger partial charge on any atom is 0.254 e. The van der Waals surface area contributed by atoms with E-state index in [2.05, 4.69) is 38.7 Å². The summed E-state index contributed by atoms with van der Waals surface area (Å²) in [5.74, 6) is 1.40. The van der Waals surface area contributed by atoms with Gasteiger partial charge in [0.15, 0.2) is 0 Å². The number of imidazole rings is 2. The molecule has 8 heteroatoms. The number of unbranched alkanes of at least 4 members (excludes halogenated alkanes) is 1. The fourth-order valence-electron chi connectivity index (χ4n) is 3.95. The minimum Gasteiger partial charge on any atom is -0.377 e. The molecule has 0 spiro atoms. The van der Waals surface area contributed by atoms with Gasteiger partial charge in [-0.1, -0.05) is 26.0 Å². The number of aromatic nitrogens is 4. The Morgan fingerprint density at radius 3 is 2.03 bits per heavy atom. The van der Waals surface area contributed by atoms with E-state index < -0.39 is 0 Å². The smallest absolute Gasteiger partial charge is 0.254 e. The zero-order valence-corrected chi connectivity index (χ0v) is 20.5. The van der Waals surface area contributed by atoms with Crippen molar-refractivity contribution < 1.29 is 9.53 Å². The predicted molar refractivity (Wildman–Crippen MR) is 133 cm³/mol. The molecule has 2 N–H and O–H groups in total. The van der Waals surface area contributed by atoms with Crippen LogP contribution in [0.1, 0.15) is 67.1 Å². The molecule has 0 fully saturated rings. The highest BCUT2D eigenvalue weighted by molar-refractivity contribution is 5.94. The summed E-state index contributed by atoms with van der Waals surface area (Å²) in [4.78, 5) is 32.1. The number of ether oxygens (including phenoxy) is 1. The normalized spacial score (nSPS) is 11.3. The summed E-state index contributed by atoms with van der Waals surface area (Å²) in [6.07, 6.45) is 11.5. The number of aromatic amines is 2. The minimum atomic E-state index is -0.0658. The van der Waals surface area contributed by atoms with Gasteiger partial charge >= 0.3 is 0 Å². The van der Waals surface area contributed by atoms with Crippen LogP contribution in [-0.2, 0) is 24.4 Å². The molecule has 0 atom stereocenters. The van der Waals surface area contributed by atoms with Gasteiger partial charge in [-0.05, 0) is 63.0 Å². The number of nitrogens with zero attached hydrogens (tertiary/aromatic N) is 4. The second-order valence-corrected chi connectivity index (χ2v) is 8.53. The number of rotatable bonds is 16. The molecule has 0 aliphatic rings. The van der Waals surface area contributed by atoms with E-state index in [0.29, 0.717) is 25.3 Å². The average Bonchev–Trinajstić information content (AvgIpc) is 3.56. The lowest BCUT2D eigenvalue weighted by atomic mass is 10.1. The standard InChI is InChI=1S/C26H38N6O2/c1-3-15-31(16-4-2)17-5-6-18-34-21-22-7-9-23(10-8-22)26(33)32(19-24-27-11-12-28-24)20-25-29-13-14-30-25/h7-14H,3-6,15-21H2,1-2H3,(H,27,28)(H,29,30). The van der Waals surface area contributed by atoms with Crippen LogP contribution >= 0.6 is 0 Å². The summed E-state index contributed by atoms with van der Waals surface area (Å²) in [6, 6.07) is 7.67. The Morgan fingerprint density at radius 1 is 0.882 bits per heavy atom. The van der Waals surface area contributed by atoms with E-state index in [1.165, 1.54) is 25.9 Å². The molecule has 0 unspecified atom stereocenters. The summed E-state index contributed by atoms with van der Waals surface area (Å²) in [5, 5.41) is 0. The highest BCUT2D eigenvalue weighted by Gasteiger charge is 2.18. The summed E-state index contributed by atoms with van der Waals surface area (Å²) in [6.45, 7) is 10.1. The van der Waals surface area contributed by atoms with E-state index in [1.54, 1.807) is 29.7 Å². The lowest BCUT2D eigenvalue weighted by molar-refractivity contribution is 0.0721. The summed E-state index contributed by atoms with van der Waals surface area (Å²) >= 11 is 0. The molecule has 2 aromatic heterocycles. The van der Waals surface area contributed by atoms with Crippen LogP contribution in [0, 0.1) is 0 Å². The van der Waals surface area contributed by atoms with Gasteiger partial charge in [-0.3, -0.25) is 4.79 Å². The van der Waals surface area contributed by atoms with Crippen molar-refractivity contribution in [2.24, 2.45) is 0 Å². The van der Waals surface area contributed by atoms with E-state index in [0.717, 1.165) is 43.2 Å². The number of carbonyl (C=O) groups excluding carboxylic acids is 1. The van der Waals surface area contributed by atoms with Gasteiger partial charge in [-0.2, -0.15) is 0 Å². The number of hydrogen-bond acceptors (Lipinski definition) is 5. The molecule has 1 amide bonds. The molecule has 3 aromatic rings. The highest BCUT2D eigenvalue weighted by Crippen LogP contribution is 2.13. The molecule has 1 aromatic carbocycles. The monoisotopic (exact) mass is 466 g/mol. The van der Waals surface area contributed by atoms with Gasteiger partial charge in [0.2, 0.25) is 0 Å². The first-order valence-electron chi connectivity index (χ1n) is 12.3. The second-order valence-electron chi connectivity index (χ2n) is 8.53. The maximum atomic E-state index is 13.2. The number of H-pyrrole nitrogens is 2. The van der Waals surface area contributed by atoms with E-state index in [9.17, 15) is 4.79 Å². The van der Waals surface area contributed by atoms with Crippen LogP contribution in [0.5, 0.6) is 0 Å².